The van der Waals surface area contributed by atoms with E-state index < -0.39 is 15.0 Å². The molecule has 4 nitrogen and oxygen atoms in total. The van der Waals surface area contributed by atoms with Gasteiger partial charge in [-0.15, -0.1) is 0 Å². The summed E-state index contributed by atoms with van der Waals surface area (Å²) in [5, 5.41) is 0. The van der Waals surface area contributed by atoms with Crippen molar-refractivity contribution in [2.75, 3.05) is 25.6 Å². The van der Waals surface area contributed by atoms with E-state index in [1.54, 1.807) is 0 Å². The summed E-state index contributed by atoms with van der Waals surface area (Å²) in [5.41, 5.74) is 0. The molecule has 0 saturated heterocycles. The van der Waals surface area contributed by atoms with Crippen molar-refractivity contribution in [3.8, 4) is 0 Å². The highest BCUT2D eigenvalue weighted by atomic mass is 31.3. The Balaban J connectivity index is 4.74. The molecule has 0 bridgehead atoms. The molecule has 0 aromatic carbocycles. The largest absolute Gasteiger partial charge is 0.336 e. The lowest BCUT2D eigenvalue weighted by molar-refractivity contribution is 0.319. The molecule has 0 heterocycles. The fraction of sp³-hybridized carbons (Fsp3) is 1.00. The Kier molecular flexibility index (Phi) is 10.4. The molecule has 0 N–H and O–H groups in total. The normalized spacial score (nSPS) is 15.4. The zero-order valence-electron chi connectivity index (χ0n) is 12.9. The highest BCUT2D eigenvalue weighted by molar-refractivity contribution is 7.69. The molecule has 0 amide bonds. The summed E-state index contributed by atoms with van der Waals surface area (Å²) in [5.74, 6) is 0. The molecule has 116 valence electrons. The smallest absolute Gasteiger partial charge is 0.312 e. The SMILES string of the molecule is CCCCP(=O)(CCCC)OP(=O)(CCCC)OC. The van der Waals surface area contributed by atoms with Crippen LogP contribution in [0.15, 0.2) is 0 Å². The number of rotatable bonds is 12. The topological polar surface area (TPSA) is 52.6 Å². The van der Waals surface area contributed by atoms with Gasteiger partial charge in [0.25, 0.3) is 0 Å². The Morgan fingerprint density at radius 3 is 1.58 bits per heavy atom. The van der Waals surface area contributed by atoms with Gasteiger partial charge in [-0.05, 0) is 19.3 Å². The Morgan fingerprint density at radius 2 is 1.21 bits per heavy atom. The van der Waals surface area contributed by atoms with E-state index in [0.717, 1.165) is 38.5 Å². The van der Waals surface area contributed by atoms with Crippen molar-refractivity contribution in [1.29, 1.82) is 0 Å². The molecule has 0 aliphatic heterocycles. The van der Waals surface area contributed by atoms with Crippen molar-refractivity contribution in [2.45, 2.75) is 59.3 Å². The summed E-state index contributed by atoms with van der Waals surface area (Å²) in [7, 11) is -4.61. The van der Waals surface area contributed by atoms with Gasteiger partial charge in [0.05, 0.1) is 6.16 Å². The Labute approximate surface area is 118 Å². The summed E-state index contributed by atoms with van der Waals surface area (Å²) in [6, 6.07) is 0. The Morgan fingerprint density at radius 1 is 0.789 bits per heavy atom. The lowest BCUT2D eigenvalue weighted by Gasteiger charge is -2.23. The van der Waals surface area contributed by atoms with Crippen LogP contribution < -0.4 is 0 Å². The molecule has 1 unspecified atom stereocenters. The van der Waals surface area contributed by atoms with Crippen LogP contribution in [-0.4, -0.2) is 25.6 Å². The zero-order chi connectivity index (χ0) is 14.8. The van der Waals surface area contributed by atoms with E-state index >= 15 is 0 Å². The minimum absolute atomic E-state index is 0.363. The molecule has 19 heavy (non-hydrogen) atoms. The molecule has 0 fully saturated rings. The molecule has 0 aliphatic rings. The first-order valence-corrected chi connectivity index (χ1v) is 11.1. The second kappa shape index (κ2) is 10.2. The van der Waals surface area contributed by atoms with Gasteiger partial charge in [-0.25, -0.2) is 0 Å². The van der Waals surface area contributed by atoms with Crippen LogP contribution in [0.2, 0.25) is 0 Å². The van der Waals surface area contributed by atoms with Crippen molar-refractivity contribution in [1.82, 2.24) is 0 Å². The average molecular weight is 312 g/mol. The second-order valence-electron chi connectivity index (χ2n) is 4.92. The maximum Gasteiger partial charge on any atom is 0.336 e. The minimum Gasteiger partial charge on any atom is -0.312 e. The molecular weight excluding hydrogens is 282 g/mol. The molecule has 6 heteroatoms. The second-order valence-corrected chi connectivity index (χ2v) is 10.1. The van der Waals surface area contributed by atoms with Crippen LogP contribution in [0.1, 0.15) is 59.3 Å². The first-order valence-electron chi connectivity index (χ1n) is 7.39. The molecule has 0 aliphatic carbocycles. The molecule has 1 atom stereocenters. The third kappa shape index (κ3) is 8.30. The number of hydrogen-bond donors (Lipinski definition) is 0. The lowest BCUT2D eigenvalue weighted by atomic mass is 10.4. The van der Waals surface area contributed by atoms with E-state index in [9.17, 15) is 9.13 Å². The highest BCUT2D eigenvalue weighted by Gasteiger charge is 2.33. The summed E-state index contributed by atoms with van der Waals surface area (Å²) in [6.45, 7) is 6.13. The standard InChI is InChI=1S/C13H30O4P2/c1-5-8-11-18(14,12-9-6-2)17-19(15,16-4)13-10-7-3/h5-13H2,1-4H3. The van der Waals surface area contributed by atoms with Gasteiger partial charge in [-0.2, -0.15) is 0 Å². The molecule has 0 saturated carbocycles. The van der Waals surface area contributed by atoms with Gasteiger partial charge in [0.1, 0.15) is 0 Å². The fourth-order valence-electron chi connectivity index (χ4n) is 1.74. The Hall–Kier alpha value is 0.380. The maximum atomic E-state index is 12.8. The molecule has 0 spiro atoms. The first-order chi connectivity index (χ1) is 8.95. The van der Waals surface area contributed by atoms with Gasteiger partial charge in [0.15, 0.2) is 0 Å². The van der Waals surface area contributed by atoms with Crippen LogP contribution in [0.3, 0.4) is 0 Å². The Bertz CT molecular complexity index is 306. The van der Waals surface area contributed by atoms with E-state index in [4.69, 9.17) is 8.83 Å². The van der Waals surface area contributed by atoms with E-state index in [2.05, 4.69) is 13.8 Å². The quantitative estimate of drug-likeness (QED) is 0.445. The van der Waals surface area contributed by atoms with Crippen LogP contribution in [0.25, 0.3) is 0 Å². The number of hydrogen-bond acceptors (Lipinski definition) is 4. The third-order valence-electron chi connectivity index (χ3n) is 3.04. The van der Waals surface area contributed by atoms with Crippen molar-refractivity contribution in [3.63, 3.8) is 0 Å². The molecule has 0 aromatic heterocycles. The minimum atomic E-state index is -3.18. The summed E-state index contributed by atoms with van der Waals surface area (Å²) < 4.78 is 35.9. The summed E-state index contributed by atoms with van der Waals surface area (Å²) >= 11 is 0. The van der Waals surface area contributed by atoms with E-state index in [1.165, 1.54) is 7.11 Å². The molecule has 0 radical (unpaired) electrons. The average Bonchev–Trinajstić information content (AvgIpc) is 2.41. The molecule has 0 rings (SSSR count). The van der Waals surface area contributed by atoms with Crippen molar-refractivity contribution >= 4 is 15.0 Å². The van der Waals surface area contributed by atoms with Crippen molar-refractivity contribution in [3.05, 3.63) is 0 Å². The number of unbranched alkanes of at least 4 members (excludes halogenated alkanes) is 3. The van der Waals surface area contributed by atoms with Gasteiger partial charge in [0.2, 0.25) is 7.37 Å². The van der Waals surface area contributed by atoms with E-state index in [0.29, 0.717) is 18.5 Å². The third-order valence-corrected chi connectivity index (χ3v) is 8.64. The predicted octanol–water partition coefficient (Wildman–Crippen LogP) is 5.52. The van der Waals surface area contributed by atoms with Crippen LogP contribution >= 0.6 is 15.0 Å². The highest BCUT2D eigenvalue weighted by Crippen LogP contribution is 2.64. The predicted molar refractivity (Wildman–Crippen MR) is 82.6 cm³/mol. The van der Waals surface area contributed by atoms with Crippen LogP contribution in [-0.2, 0) is 18.0 Å². The van der Waals surface area contributed by atoms with Crippen molar-refractivity contribution < 1.29 is 18.0 Å². The van der Waals surface area contributed by atoms with Gasteiger partial charge < -0.3 is 4.52 Å². The van der Waals surface area contributed by atoms with Crippen LogP contribution in [0, 0.1) is 0 Å². The first kappa shape index (κ1) is 19.4. The molecule has 0 aromatic rings. The summed E-state index contributed by atoms with van der Waals surface area (Å²) in [4.78, 5) is 0. The van der Waals surface area contributed by atoms with Crippen LogP contribution in [0.4, 0.5) is 0 Å². The van der Waals surface area contributed by atoms with E-state index in [1.807, 2.05) is 6.92 Å². The van der Waals surface area contributed by atoms with Gasteiger partial charge in [0, 0.05) is 19.4 Å². The molecular formula is C13H30O4P2. The maximum absolute atomic E-state index is 12.8. The van der Waals surface area contributed by atoms with E-state index in [-0.39, 0.29) is 0 Å². The van der Waals surface area contributed by atoms with Gasteiger partial charge in [-0.1, -0.05) is 40.0 Å². The fourth-order valence-corrected chi connectivity index (χ4v) is 7.50. The van der Waals surface area contributed by atoms with Crippen LogP contribution in [0.5, 0.6) is 0 Å². The van der Waals surface area contributed by atoms with Gasteiger partial charge in [-0.3, -0.25) is 13.4 Å². The monoisotopic (exact) mass is 312 g/mol. The summed E-state index contributed by atoms with van der Waals surface area (Å²) in [6.07, 6.45) is 6.71. The van der Waals surface area contributed by atoms with Gasteiger partial charge >= 0.3 is 7.60 Å². The zero-order valence-corrected chi connectivity index (χ0v) is 14.7. The van der Waals surface area contributed by atoms with Crippen molar-refractivity contribution in [2.24, 2.45) is 0 Å². The lowest BCUT2D eigenvalue weighted by Crippen LogP contribution is -2.03.